The highest BCUT2D eigenvalue weighted by atomic mass is 32.2. The number of halogens is 1. The number of aromatic nitrogens is 3. The van der Waals surface area contributed by atoms with Gasteiger partial charge in [0.25, 0.3) is 0 Å². The van der Waals surface area contributed by atoms with Gasteiger partial charge >= 0.3 is 0 Å². The Balaban J connectivity index is 1.71. The van der Waals surface area contributed by atoms with Crippen LogP contribution in [0.5, 0.6) is 0 Å². The van der Waals surface area contributed by atoms with E-state index < -0.39 is 0 Å². The van der Waals surface area contributed by atoms with Crippen molar-refractivity contribution in [3.63, 3.8) is 0 Å². The molecule has 5 heteroatoms. The lowest BCUT2D eigenvalue weighted by molar-refractivity contribution is 0.589. The molecule has 0 spiro atoms. The van der Waals surface area contributed by atoms with E-state index in [1.54, 1.807) is 23.9 Å². The quantitative estimate of drug-likeness (QED) is 0.302. The second kappa shape index (κ2) is 8.91. The first-order chi connectivity index (χ1) is 15.2. The Morgan fingerprint density at radius 3 is 2.09 bits per heavy atom. The molecule has 1 aromatic heterocycles. The zero-order valence-electron chi connectivity index (χ0n) is 19.2. The van der Waals surface area contributed by atoms with E-state index in [0.29, 0.717) is 0 Å². The third-order valence-corrected chi connectivity index (χ3v) is 6.61. The molecular weight excluding hydrogens is 417 g/mol. The Bertz CT molecular complexity index is 1200. The molecule has 0 aliphatic rings. The molecule has 0 aliphatic heterocycles. The molecular formula is C27H28FN3S. The van der Waals surface area contributed by atoms with Gasteiger partial charge in [-0.3, -0.25) is 4.57 Å². The highest BCUT2D eigenvalue weighted by molar-refractivity contribution is 7.98. The standard InChI is InChI=1S/C27H28FN3S/c1-18-15-21(27(3,4)5)16-19(2)24(18)17-32-26-30-29-25(20-9-7-6-8-10-20)31(26)23-13-11-22(28)12-14-23/h6-16H,17H2,1-5H3. The van der Waals surface area contributed by atoms with Crippen molar-refractivity contribution < 1.29 is 4.39 Å². The maximum Gasteiger partial charge on any atom is 0.196 e. The molecule has 0 bridgehead atoms. The van der Waals surface area contributed by atoms with Gasteiger partial charge in [0.1, 0.15) is 5.82 Å². The molecule has 0 atom stereocenters. The van der Waals surface area contributed by atoms with Gasteiger partial charge in [-0.15, -0.1) is 10.2 Å². The largest absolute Gasteiger partial charge is 0.270 e. The zero-order chi connectivity index (χ0) is 22.9. The van der Waals surface area contributed by atoms with Gasteiger partial charge in [-0.2, -0.15) is 0 Å². The molecule has 0 saturated heterocycles. The monoisotopic (exact) mass is 445 g/mol. The van der Waals surface area contributed by atoms with Crippen molar-refractivity contribution in [1.29, 1.82) is 0 Å². The second-order valence-corrected chi connectivity index (χ2v) is 10.1. The Morgan fingerprint density at radius 1 is 0.875 bits per heavy atom. The molecule has 4 rings (SSSR count). The van der Waals surface area contributed by atoms with Crippen molar-refractivity contribution in [3.8, 4) is 17.1 Å². The highest BCUT2D eigenvalue weighted by Gasteiger charge is 2.19. The number of benzene rings is 3. The zero-order valence-corrected chi connectivity index (χ0v) is 20.0. The van der Waals surface area contributed by atoms with E-state index in [9.17, 15) is 4.39 Å². The molecule has 0 fully saturated rings. The number of nitrogens with zero attached hydrogens (tertiary/aromatic N) is 3. The molecule has 0 aliphatic carbocycles. The molecule has 0 saturated carbocycles. The average molecular weight is 446 g/mol. The fraction of sp³-hybridized carbons (Fsp3) is 0.259. The molecule has 164 valence electrons. The van der Waals surface area contributed by atoms with E-state index in [0.717, 1.165) is 28.0 Å². The Morgan fingerprint density at radius 2 is 1.50 bits per heavy atom. The van der Waals surface area contributed by atoms with Crippen LogP contribution in [0.1, 0.15) is 43.0 Å². The van der Waals surface area contributed by atoms with Gasteiger partial charge in [-0.1, -0.05) is 75.0 Å². The molecule has 32 heavy (non-hydrogen) atoms. The van der Waals surface area contributed by atoms with Crippen LogP contribution in [0.15, 0.2) is 71.9 Å². The minimum atomic E-state index is -0.262. The SMILES string of the molecule is Cc1cc(C(C)(C)C)cc(C)c1CSc1nnc(-c2ccccc2)n1-c1ccc(F)cc1. The topological polar surface area (TPSA) is 30.7 Å². The Kier molecular flexibility index (Phi) is 6.20. The van der Waals surface area contributed by atoms with Gasteiger partial charge in [0, 0.05) is 17.0 Å². The van der Waals surface area contributed by atoms with Crippen molar-refractivity contribution in [1.82, 2.24) is 14.8 Å². The van der Waals surface area contributed by atoms with Crippen molar-refractivity contribution in [2.24, 2.45) is 0 Å². The minimum absolute atomic E-state index is 0.120. The van der Waals surface area contributed by atoms with Crippen LogP contribution in [-0.2, 0) is 11.2 Å². The fourth-order valence-electron chi connectivity index (χ4n) is 3.75. The van der Waals surface area contributed by atoms with Crippen LogP contribution in [0.25, 0.3) is 17.1 Å². The van der Waals surface area contributed by atoms with Crippen LogP contribution < -0.4 is 0 Å². The van der Waals surface area contributed by atoms with E-state index in [1.807, 2.05) is 34.9 Å². The Labute approximate surface area is 193 Å². The molecule has 1 heterocycles. The normalized spacial score (nSPS) is 11.7. The summed E-state index contributed by atoms with van der Waals surface area (Å²) in [5, 5.41) is 9.78. The fourth-order valence-corrected chi connectivity index (χ4v) is 4.90. The van der Waals surface area contributed by atoms with E-state index in [4.69, 9.17) is 0 Å². The van der Waals surface area contributed by atoms with E-state index in [2.05, 4.69) is 56.9 Å². The minimum Gasteiger partial charge on any atom is -0.270 e. The van der Waals surface area contributed by atoms with Crippen molar-refractivity contribution in [2.75, 3.05) is 0 Å². The number of hydrogen-bond donors (Lipinski definition) is 0. The predicted octanol–water partition coefficient (Wildman–Crippen LogP) is 7.28. The van der Waals surface area contributed by atoms with Gasteiger partial charge in [-0.05, 0) is 65.8 Å². The van der Waals surface area contributed by atoms with Gasteiger partial charge in [0.15, 0.2) is 11.0 Å². The lowest BCUT2D eigenvalue weighted by Gasteiger charge is -2.22. The average Bonchev–Trinajstić information content (AvgIpc) is 3.17. The maximum atomic E-state index is 13.6. The van der Waals surface area contributed by atoms with Crippen LogP contribution >= 0.6 is 11.8 Å². The van der Waals surface area contributed by atoms with Gasteiger partial charge < -0.3 is 0 Å². The van der Waals surface area contributed by atoms with Gasteiger partial charge in [0.05, 0.1) is 0 Å². The van der Waals surface area contributed by atoms with Crippen LogP contribution in [0, 0.1) is 19.7 Å². The summed E-state index contributed by atoms with van der Waals surface area (Å²) in [6.45, 7) is 11.1. The van der Waals surface area contributed by atoms with E-state index >= 15 is 0 Å². The molecule has 3 aromatic carbocycles. The number of thioether (sulfide) groups is 1. The summed E-state index contributed by atoms with van der Waals surface area (Å²) in [7, 11) is 0. The molecule has 3 nitrogen and oxygen atoms in total. The second-order valence-electron chi connectivity index (χ2n) is 9.11. The molecule has 0 amide bonds. The first-order valence-corrected chi connectivity index (χ1v) is 11.7. The molecule has 4 aromatic rings. The Hall–Kier alpha value is -2.92. The molecule has 0 radical (unpaired) electrons. The summed E-state index contributed by atoms with van der Waals surface area (Å²) in [6.07, 6.45) is 0. The smallest absolute Gasteiger partial charge is 0.196 e. The van der Waals surface area contributed by atoms with Crippen LogP contribution in [0.3, 0.4) is 0 Å². The summed E-state index contributed by atoms with van der Waals surface area (Å²) in [6, 6.07) is 21.0. The molecule has 0 unspecified atom stereocenters. The van der Waals surface area contributed by atoms with Gasteiger partial charge in [0.2, 0.25) is 0 Å². The lowest BCUT2D eigenvalue weighted by atomic mass is 9.84. The van der Waals surface area contributed by atoms with Crippen molar-refractivity contribution >= 4 is 11.8 Å². The van der Waals surface area contributed by atoms with Crippen LogP contribution in [0.2, 0.25) is 0 Å². The third-order valence-electron chi connectivity index (χ3n) is 5.66. The third kappa shape index (κ3) is 4.63. The summed E-state index contributed by atoms with van der Waals surface area (Å²) < 4.78 is 15.6. The lowest BCUT2D eigenvalue weighted by Crippen LogP contribution is -2.12. The van der Waals surface area contributed by atoms with Crippen molar-refractivity contribution in [2.45, 2.75) is 50.9 Å². The van der Waals surface area contributed by atoms with E-state index in [1.165, 1.54) is 34.4 Å². The van der Waals surface area contributed by atoms with Crippen molar-refractivity contribution in [3.05, 3.63) is 94.8 Å². The number of hydrogen-bond acceptors (Lipinski definition) is 3. The number of rotatable bonds is 5. The summed E-state index contributed by atoms with van der Waals surface area (Å²) in [5.41, 5.74) is 7.18. The summed E-state index contributed by atoms with van der Waals surface area (Å²) in [5.74, 6) is 1.27. The van der Waals surface area contributed by atoms with E-state index in [-0.39, 0.29) is 11.2 Å². The van der Waals surface area contributed by atoms with Gasteiger partial charge in [-0.25, -0.2) is 4.39 Å². The summed E-state index contributed by atoms with van der Waals surface area (Å²) in [4.78, 5) is 0. The van der Waals surface area contributed by atoms with Crippen LogP contribution in [0.4, 0.5) is 4.39 Å². The molecule has 0 N–H and O–H groups in total. The first-order valence-electron chi connectivity index (χ1n) is 10.7. The summed E-state index contributed by atoms with van der Waals surface area (Å²) >= 11 is 1.65. The number of aryl methyl sites for hydroxylation is 2. The maximum absolute atomic E-state index is 13.6. The highest BCUT2D eigenvalue weighted by Crippen LogP contribution is 2.33. The predicted molar refractivity (Wildman–Crippen MR) is 131 cm³/mol. The van der Waals surface area contributed by atoms with Crippen LogP contribution in [-0.4, -0.2) is 14.8 Å². The first kappa shape index (κ1) is 22.3.